The molecule has 2 aromatic carbocycles. The van der Waals surface area contributed by atoms with Gasteiger partial charge < -0.3 is 14.8 Å². The van der Waals surface area contributed by atoms with E-state index in [4.69, 9.17) is 9.47 Å². The van der Waals surface area contributed by atoms with E-state index in [0.717, 1.165) is 18.1 Å². The second kappa shape index (κ2) is 9.53. The van der Waals surface area contributed by atoms with Gasteiger partial charge in [0.15, 0.2) is 6.10 Å². The average molecular weight is 420 g/mol. The Morgan fingerprint density at radius 1 is 1.10 bits per heavy atom. The van der Waals surface area contributed by atoms with E-state index < -0.39 is 28.0 Å². The molecule has 2 rings (SSSR count). The lowest BCUT2D eigenvalue weighted by molar-refractivity contribution is -0.123. The van der Waals surface area contributed by atoms with Crippen LogP contribution in [-0.4, -0.2) is 40.6 Å². The second-order valence-electron chi connectivity index (χ2n) is 6.16. The maximum atomic E-state index is 12.4. The molecule has 0 fully saturated rings. The summed E-state index contributed by atoms with van der Waals surface area (Å²) in [4.78, 5) is 24.5. The fourth-order valence-corrected chi connectivity index (χ4v) is 3.39. The quantitative estimate of drug-likeness (QED) is 0.634. The summed E-state index contributed by atoms with van der Waals surface area (Å²) in [6.45, 7) is 3.46. The van der Waals surface area contributed by atoms with Crippen LogP contribution in [-0.2, 0) is 26.0 Å². The van der Waals surface area contributed by atoms with Gasteiger partial charge in [0.2, 0.25) is 10.0 Å². The van der Waals surface area contributed by atoms with Crippen molar-refractivity contribution < 1.29 is 27.5 Å². The predicted molar refractivity (Wildman–Crippen MR) is 109 cm³/mol. The number of methoxy groups -OCH3 is 1. The van der Waals surface area contributed by atoms with Crippen LogP contribution in [0, 0.1) is 0 Å². The number of carbonyl (C=O) groups is 2. The Morgan fingerprint density at radius 2 is 1.76 bits per heavy atom. The van der Waals surface area contributed by atoms with Crippen molar-refractivity contribution in [1.82, 2.24) is 4.72 Å². The van der Waals surface area contributed by atoms with Crippen LogP contribution in [0.2, 0.25) is 0 Å². The lowest BCUT2D eigenvalue weighted by atomic mass is 10.1. The van der Waals surface area contributed by atoms with Crippen molar-refractivity contribution in [3.05, 3.63) is 53.6 Å². The number of benzene rings is 2. The minimum Gasteiger partial charge on any atom is -0.495 e. The molecule has 0 unspecified atom stereocenters. The maximum Gasteiger partial charge on any atom is 0.338 e. The molecule has 0 spiro atoms. The van der Waals surface area contributed by atoms with Gasteiger partial charge in [-0.1, -0.05) is 19.1 Å². The molecule has 0 saturated heterocycles. The highest BCUT2D eigenvalue weighted by Gasteiger charge is 2.23. The van der Waals surface area contributed by atoms with Crippen molar-refractivity contribution >= 4 is 27.6 Å². The van der Waals surface area contributed by atoms with E-state index in [1.165, 1.54) is 33.2 Å². The minimum absolute atomic E-state index is 0.0217. The zero-order valence-electron chi connectivity index (χ0n) is 16.7. The first-order chi connectivity index (χ1) is 13.7. The molecular weight excluding hydrogens is 396 g/mol. The zero-order chi connectivity index (χ0) is 21.6. The van der Waals surface area contributed by atoms with E-state index in [9.17, 15) is 18.0 Å². The van der Waals surface area contributed by atoms with Crippen LogP contribution in [0.4, 0.5) is 5.69 Å². The number of aryl methyl sites for hydroxylation is 1. The normalized spacial score (nSPS) is 12.1. The standard InChI is InChI=1S/C20H24N2O6S/c1-5-14-6-9-16(10-7-14)22-19(23)13(2)28-20(24)15-8-11-17(27-4)18(12-15)29(25,26)21-3/h6-13,21H,5H2,1-4H3,(H,22,23)/t13-/m0/s1. The molecule has 9 heteroatoms. The molecule has 2 N–H and O–H groups in total. The van der Waals surface area contributed by atoms with Crippen molar-refractivity contribution in [3.63, 3.8) is 0 Å². The van der Waals surface area contributed by atoms with Crippen LogP contribution in [0.3, 0.4) is 0 Å². The van der Waals surface area contributed by atoms with E-state index in [2.05, 4.69) is 10.0 Å². The molecule has 0 saturated carbocycles. The number of sulfonamides is 1. The summed E-state index contributed by atoms with van der Waals surface area (Å²) >= 11 is 0. The smallest absolute Gasteiger partial charge is 0.338 e. The lowest BCUT2D eigenvalue weighted by Crippen LogP contribution is -2.30. The highest BCUT2D eigenvalue weighted by atomic mass is 32.2. The molecule has 0 aliphatic heterocycles. The van der Waals surface area contributed by atoms with Gasteiger partial charge in [0.25, 0.3) is 5.91 Å². The van der Waals surface area contributed by atoms with E-state index in [0.29, 0.717) is 5.69 Å². The molecule has 0 bridgehead atoms. The van der Waals surface area contributed by atoms with Crippen molar-refractivity contribution in [1.29, 1.82) is 0 Å². The largest absolute Gasteiger partial charge is 0.495 e. The van der Waals surface area contributed by atoms with Crippen molar-refractivity contribution in [2.75, 3.05) is 19.5 Å². The zero-order valence-corrected chi connectivity index (χ0v) is 17.5. The van der Waals surface area contributed by atoms with Gasteiger partial charge in [-0.05, 0) is 56.3 Å². The molecule has 0 aliphatic carbocycles. The van der Waals surface area contributed by atoms with Crippen LogP contribution in [0.15, 0.2) is 47.4 Å². The number of ether oxygens (including phenoxy) is 2. The summed E-state index contributed by atoms with van der Waals surface area (Å²) in [7, 11) is -1.28. The average Bonchev–Trinajstić information content (AvgIpc) is 2.73. The Labute approximate surface area is 170 Å². The molecule has 0 radical (unpaired) electrons. The van der Waals surface area contributed by atoms with Gasteiger partial charge in [-0.15, -0.1) is 0 Å². The molecule has 0 aliphatic rings. The van der Waals surface area contributed by atoms with Crippen molar-refractivity contribution in [2.45, 2.75) is 31.3 Å². The third kappa shape index (κ3) is 5.55. The van der Waals surface area contributed by atoms with Gasteiger partial charge in [-0.2, -0.15) is 0 Å². The van der Waals surface area contributed by atoms with Gasteiger partial charge in [-0.25, -0.2) is 17.9 Å². The Morgan fingerprint density at radius 3 is 2.31 bits per heavy atom. The molecule has 2 aromatic rings. The van der Waals surface area contributed by atoms with E-state index in [1.54, 1.807) is 12.1 Å². The summed E-state index contributed by atoms with van der Waals surface area (Å²) < 4.78 is 36.6. The van der Waals surface area contributed by atoms with Gasteiger partial charge in [-0.3, -0.25) is 4.79 Å². The van der Waals surface area contributed by atoms with Crippen LogP contribution in [0.25, 0.3) is 0 Å². The molecular formula is C20H24N2O6S. The van der Waals surface area contributed by atoms with Crippen LogP contribution in [0.1, 0.15) is 29.8 Å². The van der Waals surface area contributed by atoms with Crippen molar-refractivity contribution in [3.8, 4) is 5.75 Å². The number of carbonyl (C=O) groups excluding carboxylic acids is 2. The number of hydrogen-bond donors (Lipinski definition) is 2. The number of anilines is 1. The highest BCUT2D eigenvalue weighted by Crippen LogP contribution is 2.25. The van der Waals surface area contributed by atoms with Gasteiger partial charge in [0, 0.05) is 5.69 Å². The van der Waals surface area contributed by atoms with Crippen molar-refractivity contribution in [2.24, 2.45) is 0 Å². The van der Waals surface area contributed by atoms with Crippen LogP contribution >= 0.6 is 0 Å². The predicted octanol–water partition coefficient (Wildman–Crippen LogP) is 2.35. The van der Waals surface area contributed by atoms with Gasteiger partial charge >= 0.3 is 5.97 Å². The molecule has 8 nitrogen and oxygen atoms in total. The highest BCUT2D eigenvalue weighted by molar-refractivity contribution is 7.89. The number of amides is 1. The third-order valence-corrected chi connectivity index (χ3v) is 5.68. The van der Waals surface area contributed by atoms with Gasteiger partial charge in [0.1, 0.15) is 10.6 Å². The number of hydrogen-bond acceptors (Lipinski definition) is 6. The Bertz CT molecular complexity index is 987. The van der Waals surface area contributed by atoms with Crippen LogP contribution < -0.4 is 14.8 Å². The Balaban J connectivity index is 2.12. The van der Waals surface area contributed by atoms with E-state index in [-0.39, 0.29) is 16.2 Å². The molecule has 156 valence electrons. The topological polar surface area (TPSA) is 111 Å². The third-order valence-electron chi connectivity index (χ3n) is 4.24. The Hall–Kier alpha value is -2.91. The summed E-state index contributed by atoms with van der Waals surface area (Å²) in [5.74, 6) is -1.25. The first-order valence-electron chi connectivity index (χ1n) is 8.94. The summed E-state index contributed by atoms with van der Waals surface area (Å²) in [5, 5.41) is 2.67. The summed E-state index contributed by atoms with van der Waals surface area (Å²) in [6.07, 6.45) is -0.199. The van der Waals surface area contributed by atoms with Gasteiger partial charge in [0.05, 0.1) is 12.7 Å². The number of esters is 1. The molecule has 1 amide bonds. The fraction of sp³-hybridized carbons (Fsp3) is 0.300. The number of nitrogens with one attached hydrogen (secondary N) is 2. The lowest BCUT2D eigenvalue weighted by Gasteiger charge is -2.15. The summed E-state index contributed by atoms with van der Waals surface area (Å²) in [6, 6.07) is 11.2. The molecule has 0 heterocycles. The SMILES string of the molecule is CCc1ccc(NC(=O)[C@H](C)OC(=O)c2ccc(OC)c(S(=O)(=O)NC)c2)cc1. The van der Waals surface area contributed by atoms with E-state index in [1.807, 2.05) is 19.1 Å². The van der Waals surface area contributed by atoms with Crippen LogP contribution in [0.5, 0.6) is 5.75 Å². The first-order valence-corrected chi connectivity index (χ1v) is 10.4. The summed E-state index contributed by atoms with van der Waals surface area (Å²) in [5.41, 5.74) is 1.70. The number of rotatable bonds is 8. The monoisotopic (exact) mass is 420 g/mol. The molecule has 1 atom stereocenters. The fourth-order valence-electron chi connectivity index (χ4n) is 2.47. The maximum absolute atomic E-state index is 12.4. The van der Waals surface area contributed by atoms with E-state index >= 15 is 0 Å². The Kier molecular flexibility index (Phi) is 7.35. The minimum atomic E-state index is -3.85. The first kappa shape index (κ1) is 22.4. The molecule has 29 heavy (non-hydrogen) atoms. The molecule has 0 aromatic heterocycles. The second-order valence-corrected chi connectivity index (χ2v) is 8.02.